The molecule has 0 fully saturated rings. The monoisotopic (exact) mass is 494 g/mol. The number of aryl methyl sites for hydroxylation is 3. The van der Waals surface area contributed by atoms with Gasteiger partial charge in [0.15, 0.2) is 7.36 Å². The first-order valence-corrected chi connectivity index (χ1v) is 16.2. The van der Waals surface area contributed by atoms with Crippen molar-refractivity contribution in [1.82, 2.24) is 0 Å². The van der Waals surface area contributed by atoms with E-state index in [0.717, 1.165) is 34.6 Å². The lowest BCUT2D eigenvalue weighted by Crippen LogP contribution is -2.05. The maximum Gasteiger partial charge on any atom is 0.267 e. The van der Waals surface area contributed by atoms with E-state index in [1.165, 1.54) is 22.3 Å². The van der Waals surface area contributed by atoms with Crippen LogP contribution in [0.25, 0.3) is 0 Å². The van der Waals surface area contributed by atoms with Crippen LogP contribution in [-0.2, 0) is 6.16 Å². The summed E-state index contributed by atoms with van der Waals surface area (Å²) in [6, 6.07) is 19.4. The third kappa shape index (κ3) is 3.09. The van der Waals surface area contributed by atoms with Crippen molar-refractivity contribution < 1.29 is 0 Å². The molecule has 0 bridgehead atoms. The zero-order chi connectivity index (χ0) is 22.4. The molecule has 168 valence electrons. The molecule has 0 aromatic heterocycles. The van der Waals surface area contributed by atoms with Crippen molar-refractivity contribution in [2.24, 2.45) is 13.5 Å². The van der Waals surface area contributed by atoms with E-state index in [0.29, 0.717) is 0 Å². The van der Waals surface area contributed by atoms with Crippen molar-refractivity contribution in [3.63, 3.8) is 0 Å². The lowest BCUT2D eigenvalue weighted by Gasteiger charge is -2.31. The molecule has 0 saturated carbocycles. The van der Waals surface area contributed by atoms with Crippen LogP contribution in [0.4, 0.5) is 28.4 Å². The standard InChI is InChI=1S/C22H25N8P3/c1-14-4-7-17-13-31(23-20(17)10-14)28-32(24-18-8-5-15(2)11-21(18)26-32)30-33(29-31)25-19-9-6-16(3)12-22(19)27-33/h4-12,23-27H,13H2,1-3H3. The Labute approximate surface area is 193 Å². The Morgan fingerprint density at radius 1 is 0.545 bits per heavy atom. The molecule has 0 radical (unpaired) electrons. The average molecular weight is 494 g/mol. The fraction of sp³-hybridized carbons (Fsp3) is 0.182. The summed E-state index contributed by atoms with van der Waals surface area (Å²) < 4.78 is 16.2. The summed E-state index contributed by atoms with van der Waals surface area (Å²) in [6.45, 7) is 6.34. The number of nitrogens with zero attached hydrogens (tertiary/aromatic N) is 3. The minimum atomic E-state index is -2.48. The first kappa shape index (κ1) is 19.8. The molecule has 8 nitrogen and oxygen atoms in total. The number of rotatable bonds is 0. The number of hydrogen-bond acceptors (Lipinski definition) is 8. The van der Waals surface area contributed by atoms with Crippen LogP contribution in [0.1, 0.15) is 22.3 Å². The molecule has 4 aliphatic heterocycles. The molecule has 4 aliphatic rings. The Morgan fingerprint density at radius 3 is 1.70 bits per heavy atom. The second-order valence-corrected chi connectivity index (χ2v) is 16.6. The van der Waals surface area contributed by atoms with E-state index in [9.17, 15) is 0 Å². The molecule has 0 saturated heterocycles. The van der Waals surface area contributed by atoms with E-state index in [-0.39, 0.29) is 0 Å². The van der Waals surface area contributed by atoms with Crippen LogP contribution in [-0.4, -0.2) is 0 Å². The molecule has 5 N–H and O–H groups in total. The van der Waals surface area contributed by atoms with Gasteiger partial charge in [-0.1, -0.05) is 24.3 Å². The van der Waals surface area contributed by atoms with Crippen molar-refractivity contribution in [1.29, 1.82) is 0 Å². The minimum absolute atomic E-state index is 0.805. The Kier molecular flexibility index (Phi) is 3.88. The fourth-order valence-electron chi connectivity index (χ4n) is 4.78. The van der Waals surface area contributed by atoms with E-state index in [2.05, 4.69) is 101 Å². The number of anilines is 5. The average Bonchev–Trinajstić information content (AvgIpc) is 3.36. The molecule has 3 unspecified atom stereocenters. The Morgan fingerprint density at radius 2 is 1.06 bits per heavy atom. The van der Waals surface area contributed by atoms with Crippen LogP contribution in [0.2, 0.25) is 0 Å². The first-order chi connectivity index (χ1) is 15.8. The molecule has 3 atom stereocenters. The van der Waals surface area contributed by atoms with Gasteiger partial charge in [0, 0.05) is 11.8 Å². The van der Waals surface area contributed by atoms with Gasteiger partial charge in [-0.05, 0) is 73.4 Å². The largest absolute Gasteiger partial charge is 0.334 e. The molecule has 7 rings (SSSR count). The predicted octanol–water partition coefficient (Wildman–Crippen LogP) is 8.55. The highest BCUT2D eigenvalue weighted by Crippen LogP contribution is 2.81. The van der Waals surface area contributed by atoms with Gasteiger partial charge < -0.3 is 25.4 Å². The van der Waals surface area contributed by atoms with Crippen molar-refractivity contribution in [3.8, 4) is 0 Å². The van der Waals surface area contributed by atoms with E-state index >= 15 is 0 Å². The minimum Gasteiger partial charge on any atom is -0.334 e. The highest BCUT2D eigenvalue weighted by molar-refractivity contribution is 7.89. The van der Waals surface area contributed by atoms with Gasteiger partial charge in [0.2, 0.25) is 0 Å². The number of benzene rings is 3. The van der Waals surface area contributed by atoms with Gasteiger partial charge in [-0.15, -0.1) is 0 Å². The maximum atomic E-state index is 5.44. The molecule has 0 aliphatic carbocycles. The molecule has 3 spiro atoms. The molecule has 4 heterocycles. The Balaban J connectivity index is 1.43. The quantitative estimate of drug-likeness (QED) is 0.202. The fourth-order valence-corrected chi connectivity index (χ4v) is 17.0. The van der Waals surface area contributed by atoms with E-state index in [1.54, 1.807) is 0 Å². The summed E-state index contributed by atoms with van der Waals surface area (Å²) in [7, 11) is -7.27. The van der Waals surface area contributed by atoms with Gasteiger partial charge in [0.05, 0.1) is 22.7 Å². The van der Waals surface area contributed by atoms with Gasteiger partial charge in [0.25, 0.3) is 15.0 Å². The van der Waals surface area contributed by atoms with Crippen LogP contribution >= 0.6 is 22.4 Å². The molecule has 11 heteroatoms. The van der Waals surface area contributed by atoms with Crippen molar-refractivity contribution >= 4 is 50.8 Å². The van der Waals surface area contributed by atoms with Crippen LogP contribution < -0.4 is 25.4 Å². The highest BCUT2D eigenvalue weighted by Gasteiger charge is 2.45. The van der Waals surface area contributed by atoms with E-state index < -0.39 is 22.4 Å². The molecule has 33 heavy (non-hydrogen) atoms. The summed E-state index contributed by atoms with van der Waals surface area (Å²) in [5, 5.41) is 18.6. The van der Waals surface area contributed by atoms with Gasteiger partial charge in [0.1, 0.15) is 0 Å². The second kappa shape index (κ2) is 6.48. The van der Waals surface area contributed by atoms with Crippen LogP contribution in [0.5, 0.6) is 0 Å². The predicted molar refractivity (Wildman–Crippen MR) is 143 cm³/mol. The van der Waals surface area contributed by atoms with Crippen LogP contribution in [0.3, 0.4) is 0 Å². The lowest BCUT2D eigenvalue weighted by molar-refractivity contribution is 1.38. The lowest BCUT2D eigenvalue weighted by atomic mass is 10.1. The first-order valence-electron chi connectivity index (χ1n) is 11.0. The number of nitrogens with one attached hydrogen (secondary N) is 5. The van der Waals surface area contributed by atoms with Crippen molar-refractivity contribution in [2.45, 2.75) is 26.9 Å². The van der Waals surface area contributed by atoms with E-state index in [1.807, 2.05) is 0 Å². The highest BCUT2D eigenvalue weighted by atomic mass is 31.3. The third-order valence-corrected chi connectivity index (χ3v) is 16.3. The summed E-state index contributed by atoms with van der Waals surface area (Å²) in [6.07, 6.45) is 0.805. The molecule has 3 aromatic carbocycles. The summed E-state index contributed by atoms with van der Waals surface area (Å²) in [4.78, 5) is 0. The maximum absolute atomic E-state index is 5.44. The normalized spacial score (nSPS) is 29.4. The van der Waals surface area contributed by atoms with Crippen molar-refractivity contribution in [2.75, 3.05) is 25.4 Å². The van der Waals surface area contributed by atoms with Crippen LogP contribution in [0.15, 0.2) is 68.1 Å². The molecule has 0 amide bonds. The van der Waals surface area contributed by atoms with Gasteiger partial charge in [-0.25, -0.2) is 0 Å². The molecular formula is C22H25N8P3. The van der Waals surface area contributed by atoms with Gasteiger partial charge in [-0.2, -0.15) is 13.5 Å². The number of hydrogen-bond donors (Lipinski definition) is 5. The molecule has 3 aromatic rings. The zero-order valence-electron chi connectivity index (χ0n) is 18.6. The summed E-state index contributed by atoms with van der Waals surface area (Å²) in [5.41, 5.74) is 10.3. The summed E-state index contributed by atoms with van der Waals surface area (Å²) in [5.74, 6) is 0. The van der Waals surface area contributed by atoms with Gasteiger partial charge >= 0.3 is 0 Å². The number of fused-ring (bicyclic) bond motifs is 3. The molecular weight excluding hydrogens is 469 g/mol. The second-order valence-electron chi connectivity index (χ2n) is 9.18. The van der Waals surface area contributed by atoms with Crippen LogP contribution in [0, 0.1) is 20.8 Å². The van der Waals surface area contributed by atoms with Crippen molar-refractivity contribution in [3.05, 3.63) is 76.9 Å². The summed E-state index contributed by atoms with van der Waals surface area (Å²) >= 11 is 0. The van der Waals surface area contributed by atoms with Gasteiger partial charge in [-0.3, -0.25) is 0 Å². The Bertz CT molecular complexity index is 1360. The topological polar surface area (TPSA) is 97.2 Å². The zero-order valence-corrected chi connectivity index (χ0v) is 21.3. The SMILES string of the molecule is Cc1ccc2c(c1)NP1(=NP3(=NP4(=N1)Nc1ccc(C)cc1N4)Nc1ccc(C)cc1N3)C2. The third-order valence-electron chi connectivity index (χ3n) is 6.22. The smallest absolute Gasteiger partial charge is 0.267 e. The Hall–Kier alpha value is -2.65. The van der Waals surface area contributed by atoms with E-state index in [4.69, 9.17) is 13.5 Å².